The second-order valence-corrected chi connectivity index (χ2v) is 5.21. The molecule has 0 saturated carbocycles. The van der Waals surface area contributed by atoms with Gasteiger partial charge in [0.05, 0.1) is 12.7 Å². The van der Waals surface area contributed by atoms with Crippen LogP contribution < -0.4 is 5.32 Å². The van der Waals surface area contributed by atoms with Gasteiger partial charge in [-0.25, -0.2) is 0 Å². The number of hydrogen-bond donors (Lipinski definition) is 1. The van der Waals surface area contributed by atoms with Crippen molar-refractivity contribution in [3.8, 4) is 0 Å². The van der Waals surface area contributed by atoms with Crippen LogP contribution >= 0.6 is 23.2 Å². The molecule has 1 N–H and O–H groups in total. The zero-order valence-corrected chi connectivity index (χ0v) is 12.6. The molecule has 5 heteroatoms. The Morgan fingerprint density at radius 3 is 2.58 bits per heavy atom. The first-order valence-corrected chi connectivity index (χ1v) is 7.04. The number of nitrogens with one attached hydrogen (secondary N) is 1. The van der Waals surface area contributed by atoms with E-state index in [0.717, 1.165) is 24.3 Å². The molecule has 0 fully saturated rings. The summed E-state index contributed by atoms with van der Waals surface area (Å²) in [6.45, 7) is 6.52. The molecule has 0 spiro atoms. The van der Waals surface area contributed by atoms with Gasteiger partial charge in [0.1, 0.15) is 0 Å². The highest BCUT2D eigenvalue weighted by Crippen LogP contribution is 2.25. The van der Waals surface area contributed by atoms with Crippen LogP contribution in [0.1, 0.15) is 23.7 Å². The third-order valence-electron chi connectivity index (χ3n) is 3.14. The molecule has 102 valence electrons. The van der Waals surface area contributed by atoms with Crippen LogP contribution in [0.5, 0.6) is 0 Å². The molecular weight excluding hydrogens is 281 g/mol. The smallest absolute Gasteiger partial charge is 0.0691 e. The van der Waals surface area contributed by atoms with Gasteiger partial charge in [0, 0.05) is 33.4 Å². The van der Waals surface area contributed by atoms with Crippen LogP contribution in [0, 0.1) is 6.92 Å². The van der Waals surface area contributed by atoms with Crippen molar-refractivity contribution in [1.29, 1.82) is 0 Å². The lowest BCUT2D eigenvalue weighted by molar-refractivity contribution is 0.659. The number of benzene rings is 1. The zero-order valence-electron chi connectivity index (χ0n) is 11.1. The Morgan fingerprint density at radius 1 is 1.26 bits per heavy atom. The van der Waals surface area contributed by atoms with Crippen molar-refractivity contribution in [3.63, 3.8) is 0 Å². The average molecular weight is 298 g/mol. The zero-order chi connectivity index (χ0) is 13.8. The fraction of sp³-hybridized carbons (Fsp3) is 0.357. The Kier molecular flexibility index (Phi) is 4.86. The highest BCUT2D eigenvalue weighted by molar-refractivity contribution is 6.35. The summed E-state index contributed by atoms with van der Waals surface area (Å²) in [6, 6.07) is 5.54. The normalized spacial score (nSPS) is 10.9. The molecule has 1 aromatic heterocycles. The van der Waals surface area contributed by atoms with Crippen molar-refractivity contribution >= 4 is 23.2 Å². The maximum absolute atomic E-state index is 6.18. The Bertz CT molecular complexity index is 544. The number of hydrogen-bond acceptors (Lipinski definition) is 2. The SMILES string of the molecule is CCNCc1cnn(Cc2c(Cl)cccc2Cl)c1C. The second-order valence-electron chi connectivity index (χ2n) is 4.39. The molecule has 1 heterocycles. The summed E-state index contributed by atoms with van der Waals surface area (Å²) < 4.78 is 1.93. The molecule has 0 atom stereocenters. The highest BCUT2D eigenvalue weighted by Gasteiger charge is 2.10. The lowest BCUT2D eigenvalue weighted by Crippen LogP contribution is -2.12. The molecule has 0 aliphatic rings. The molecule has 0 saturated heterocycles. The third kappa shape index (κ3) is 3.30. The first-order chi connectivity index (χ1) is 9.13. The van der Waals surface area contributed by atoms with Crippen molar-refractivity contribution in [2.75, 3.05) is 6.54 Å². The molecule has 0 radical (unpaired) electrons. The van der Waals surface area contributed by atoms with Crippen molar-refractivity contribution < 1.29 is 0 Å². The van der Waals surface area contributed by atoms with Crippen LogP contribution in [0.3, 0.4) is 0 Å². The van der Waals surface area contributed by atoms with Crippen molar-refractivity contribution in [2.24, 2.45) is 0 Å². The largest absolute Gasteiger partial charge is 0.313 e. The molecule has 0 aliphatic carbocycles. The molecule has 2 aromatic rings. The predicted molar refractivity (Wildman–Crippen MR) is 79.9 cm³/mol. The van der Waals surface area contributed by atoms with Gasteiger partial charge in [-0.05, 0) is 25.6 Å². The van der Waals surface area contributed by atoms with E-state index < -0.39 is 0 Å². The van der Waals surface area contributed by atoms with E-state index in [1.807, 2.05) is 29.1 Å². The van der Waals surface area contributed by atoms with Crippen LogP contribution in [-0.4, -0.2) is 16.3 Å². The minimum Gasteiger partial charge on any atom is -0.313 e. The maximum atomic E-state index is 6.18. The van der Waals surface area contributed by atoms with Gasteiger partial charge in [-0.15, -0.1) is 0 Å². The third-order valence-corrected chi connectivity index (χ3v) is 3.85. The quantitative estimate of drug-likeness (QED) is 0.913. The lowest BCUT2D eigenvalue weighted by atomic mass is 10.2. The summed E-state index contributed by atoms with van der Waals surface area (Å²) in [5, 5.41) is 9.06. The van der Waals surface area contributed by atoms with Gasteiger partial charge < -0.3 is 5.32 Å². The molecule has 19 heavy (non-hydrogen) atoms. The molecule has 1 aromatic carbocycles. The van der Waals surface area contributed by atoms with E-state index in [1.54, 1.807) is 0 Å². The summed E-state index contributed by atoms with van der Waals surface area (Å²) >= 11 is 12.4. The van der Waals surface area contributed by atoms with E-state index in [1.165, 1.54) is 5.56 Å². The summed E-state index contributed by atoms with van der Waals surface area (Å²) in [7, 11) is 0. The molecule has 0 amide bonds. The summed E-state index contributed by atoms with van der Waals surface area (Å²) in [5.74, 6) is 0. The first kappa shape index (κ1) is 14.4. The van der Waals surface area contributed by atoms with Crippen LogP contribution in [-0.2, 0) is 13.1 Å². The van der Waals surface area contributed by atoms with Crippen molar-refractivity contribution in [1.82, 2.24) is 15.1 Å². The van der Waals surface area contributed by atoms with Crippen LogP contribution in [0.25, 0.3) is 0 Å². The van der Waals surface area contributed by atoms with Gasteiger partial charge in [0.25, 0.3) is 0 Å². The van der Waals surface area contributed by atoms with Gasteiger partial charge >= 0.3 is 0 Å². The molecule has 2 rings (SSSR count). The van der Waals surface area contributed by atoms with E-state index in [0.29, 0.717) is 16.6 Å². The number of halogens is 2. The van der Waals surface area contributed by atoms with Gasteiger partial charge in [-0.1, -0.05) is 36.2 Å². The van der Waals surface area contributed by atoms with Gasteiger partial charge in [-0.2, -0.15) is 5.10 Å². The minimum atomic E-state index is 0.594. The number of aromatic nitrogens is 2. The Hall–Kier alpha value is -1.03. The summed E-state index contributed by atoms with van der Waals surface area (Å²) in [6.07, 6.45) is 1.89. The van der Waals surface area contributed by atoms with Crippen LogP contribution in [0.2, 0.25) is 10.0 Å². The standard InChI is InChI=1S/C14H17Cl2N3/c1-3-17-7-11-8-18-19(10(11)2)9-12-13(15)5-4-6-14(12)16/h4-6,8,17H,3,7,9H2,1-2H3. The number of nitrogens with zero attached hydrogens (tertiary/aromatic N) is 2. The maximum Gasteiger partial charge on any atom is 0.0691 e. The molecule has 3 nitrogen and oxygen atoms in total. The Morgan fingerprint density at radius 2 is 1.95 bits per heavy atom. The van der Waals surface area contributed by atoms with E-state index in [-0.39, 0.29) is 0 Å². The van der Waals surface area contributed by atoms with E-state index in [2.05, 4.69) is 24.3 Å². The number of rotatable bonds is 5. The second kappa shape index (κ2) is 6.42. The Balaban J connectivity index is 2.22. The monoisotopic (exact) mass is 297 g/mol. The minimum absolute atomic E-state index is 0.594. The summed E-state index contributed by atoms with van der Waals surface area (Å²) in [4.78, 5) is 0. The average Bonchev–Trinajstić information content (AvgIpc) is 2.73. The highest BCUT2D eigenvalue weighted by atomic mass is 35.5. The van der Waals surface area contributed by atoms with Gasteiger partial charge in [-0.3, -0.25) is 4.68 Å². The molecule has 0 aliphatic heterocycles. The van der Waals surface area contributed by atoms with Gasteiger partial charge in [0.2, 0.25) is 0 Å². The summed E-state index contributed by atoms with van der Waals surface area (Å²) in [5.41, 5.74) is 3.24. The van der Waals surface area contributed by atoms with Gasteiger partial charge in [0.15, 0.2) is 0 Å². The van der Waals surface area contributed by atoms with E-state index in [4.69, 9.17) is 23.2 Å². The topological polar surface area (TPSA) is 29.9 Å². The van der Waals surface area contributed by atoms with Crippen molar-refractivity contribution in [3.05, 3.63) is 51.3 Å². The molecule has 0 unspecified atom stereocenters. The fourth-order valence-electron chi connectivity index (χ4n) is 1.91. The van der Waals surface area contributed by atoms with Crippen LogP contribution in [0.15, 0.2) is 24.4 Å². The Labute approximate surface area is 123 Å². The molecule has 0 bridgehead atoms. The van der Waals surface area contributed by atoms with E-state index >= 15 is 0 Å². The van der Waals surface area contributed by atoms with Crippen LogP contribution in [0.4, 0.5) is 0 Å². The lowest BCUT2D eigenvalue weighted by Gasteiger charge is -2.09. The van der Waals surface area contributed by atoms with E-state index in [9.17, 15) is 0 Å². The fourth-order valence-corrected chi connectivity index (χ4v) is 2.43. The predicted octanol–water partition coefficient (Wildman–Crippen LogP) is 3.66. The first-order valence-electron chi connectivity index (χ1n) is 6.28. The van der Waals surface area contributed by atoms with Crippen molar-refractivity contribution in [2.45, 2.75) is 26.9 Å². The molecular formula is C14H17Cl2N3.